The third-order valence-electron chi connectivity index (χ3n) is 6.19. The second-order valence-electron chi connectivity index (χ2n) is 9.83. The van der Waals surface area contributed by atoms with E-state index in [2.05, 4.69) is 5.09 Å². The first kappa shape index (κ1) is 31.4. The number of carbonyl (C=O) groups excluding carboxylic acids is 1. The van der Waals surface area contributed by atoms with Crippen LogP contribution >= 0.6 is 19.5 Å². The van der Waals surface area contributed by atoms with E-state index in [4.69, 9.17) is 13.8 Å². The number of hydrogen-bond acceptors (Lipinski definition) is 11. The molecule has 13 nitrogen and oxygen atoms in total. The molecule has 15 heteroatoms. The third kappa shape index (κ3) is 7.97. The standard InChI is InChI=1S/C24H34N3O10PS/c1-23(2,15-28)21(31)39-12-11-35-38(34,25-13-16-7-5-4-6-8-16)36-14-17-24(3,33)19(30)20(37-17)27-10-9-18(29)26-22(27)32/h4-10,17,19-20,28,30,33H,11-15H2,1-3H3,(H,25,34)(H,26,29,32)/t17-,19?,20?,24?,38?/m1/s1. The number of benzene rings is 1. The minimum Gasteiger partial charge on any atom is -0.395 e. The van der Waals surface area contributed by atoms with Crippen LogP contribution in [0.25, 0.3) is 0 Å². The second-order valence-corrected chi connectivity index (χ2v) is 12.7. The van der Waals surface area contributed by atoms with Gasteiger partial charge in [0.15, 0.2) is 11.3 Å². The summed E-state index contributed by atoms with van der Waals surface area (Å²) in [5.41, 5.74) is -3.57. The highest BCUT2D eigenvalue weighted by atomic mass is 32.2. The lowest BCUT2D eigenvalue weighted by atomic mass is 9.95. The molecule has 0 spiro atoms. The van der Waals surface area contributed by atoms with Gasteiger partial charge in [0.25, 0.3) is 5.56 Å². The maximum Gasteiger partial charge on any atom is 0.405 e. The van der Waals surface area contributed by atoms with E-state index in [1.807, 2.05) is 11.1 Å². The van der Waals surface area contributed by atoms with Crippen LogP contribution in [0.1, 0.15) is 32.6 Å². The average Bonchev–Trinajstić information content (AvgIpc) is 3.12. The number of ether oxygens (including phenoxy) is 1. The van der Waals surface area contributed by atoms with Crippen LogP contribution in [0.15, 0.2) is 52.2 Å². The SMILES string of the molecule is CC(C)(CO)C(=O)SCCOP(=O)(NCc1ccccc1)OC[C@H]1OC(n2ccc(=O)[nH]c2=O)C(O)C1(C)O. The molecule has 0 radical (unpaired) electrons. The summed E-state index contributed by atoms with van der Waals surface area (Å²) in [6.07, 6.45) is -3.06. The van der Waals surface area contributed by atoms with Crippen LogP contribution in [0.2, 0.25) is 0 Å². The summed E-state index contributed by atoms with van der Waals surface area (Å²) < 4.78 is 31.3. The van der Waals surface area contributed by atoms with Crippen molar-refractivity contribution in [1.29, 1.82) is 0 Å². The molecule has 3 rings (SSSR count). The Morgan fingerprint density at radius 2 is 1.95 bits per heavy atom. The molecule has 5 N–H and O–H groups in total. The quantitative estimate of drug-likeness (QED) is 0.164. The summed E-state index contributed by atoms with van der Waals surface area (Å²) in [5, 5.41) is 33.4. The van der Waals surface area contributed by atoms with Gasteiger partial charge in [0.2, 0.25) is 0 Å². The van der Waals surface area contributed by atoms with Gasteiger partial charge in [-0.1, -0.05) is 42.1 Å². The predicted molar refractivity (Wildman–Crippen MR) is 143 cm³/mol. The Morgan fingerprint density at radius 3 is 2.59 bits per heavy atom. The van der Waals surface area contributed by atoms with Gasteiger partial charge in [0, 0.05) is 24.6 Å². The number of carbonyl (C=O) groups is 1. The number of rotatable bonds is 13. The molecule has 0 bridgehead atoms. The molecule has 2 aromatic rings. The molecule has 39 heavy (non-hydrogen) atoms. The van der Waals surface area contributed by atoms with Crippen molar-refractivity contribution in [3.05, 3.63) is 69.0 Å². The summed E-state index contributed by atoms with van der Waals surface area (Å²) >= 11 is 0.923. The molecule has 216 valence electrons. The number of nitrogens with one attached hydrogen (secondary N) is 2. The molecule has 1 aliphatic heterocycles. The molecule has 0 aliphatic carbocycles. The van der Waals surface area contributed by atoms with Gasteiger partial charge >= 0.3 is 13.4 Å². The van der Waals surface area contributed by atoms with Gasteiger partial charge in [-0.05, 0) is 26.3 Å². The number of aliphatic hydroxyl groups excluding tert-OH is 2. The molecule has 1 fully saturated rings. The van der Waals surface area contributed by atoms with Gasteiger partial charge in [-0.3, -0.25) is 28.2 Å². The zero-order valence-electron chi connectivity index (χ0n) is 21.8. The fourth-order valence-electron chi connectivity index (χ4n) is 3.54. The summed E-state index contributed by atoms with van der Waals surface area (Å²) in [6.45, 7) is 3.64. The molecular weight excluding hydrogens is 553 g/mol. The van der Waals surface area contributed by atoms with Crippen molar-refractivity contribution >= 4 is 24.6 Å². The molecular formula is C24H34N3O10PS. The largest absolute Gasteiger partial charge is 0.405 e. The van der Waals surface area contributed by atoms with E-state index >= 15 is 0 Å². The number of thioether (sulfide) groups is 1. The zero-order chi connectivity index (χ0) is 28.8. The normalized spacial score (nSPS) is 24.9. The molecule has 4 unspecified atom stereocenters. The Bertz CT molecular complexity index is 1280. The maximum atomic E-state index is 13.6. The van der Waals surface area contributed by atoms with Crippen LogP contribution in [0.4, 0.5) is 0 Å². The van der Waals surface area contributed by atoms with E-state index in [1.54, 1.807) is 38.1 Å². The topological polar surface area (TPSA) is 189 Å². The Kier molecular flexibility index (Phi) is 10.5. The smallest absolute Gasteiger partial charge is 0.395 e. The minimum atomic E-state index is -4.04. The number of hydrogen-bond donors (Lipinski definition) is 5. The summed E-state index contributed by atoms with van der Waals surface area (Å²) in [7, 11) is -4.04. The number of nitrogens with zero attached hydrogens (tertiary/aromatic N) is 1. The predicted octanol–water partition coefficient (Wildman–Crippen LogP) is 0.755. The van der Waals surface area contributed by atoms with Crippen LogP contribution in [0.3, 0.4) is 0 Å². The van der Waals surface area contributed by atoms with Crippen molar-refractivity contribution in [3.63, 3.8) is 0 Å². The van der Waals surface area contributed by atoms with E-state index in [0.717, 1.165) is 34.2 Å². The monoisotopic (exact) mass is 587 g/mol. The Labute approximate surface area is 229 Å². The van der Waals surface area contributed by atoms with Crippen molar-refractivity contribution in [2.24, 2.45) is 5.41 Å². The molecule has 1 aromatic carbocycles. The van der Waals surface area contributed by atoms with Crippen molar-refractivity contribution < 1.29 is 38.5 Å². The van der Waals surface area contributed by atoms with Gasteiger partial charge in [-0.2, -0.15) is 0 Å². The van der Waals surface area contributed by atoms with E-state index < -0.39 is 55.1 Å². The minimum absolute atomic E-state index is 0.113. The third-order valence-corrected chi connectivity index (χ3v) is 8.93. The highest BCUT2D eigenvalue weighted by Crippen LogP contribution is 2.46. The lowest BCUT2D eigenvalue weighted by molar-refractivity contribution is -0.119. The van der Waals surface area contributed by atoms with Gasteiger partial charge in [0.05, 0.1) is 25.2 Å². The van der Waals surface area contributed by atoms with Crippen LogP contribution in [-0.2, 0) is 29.7 Å². The average molecular weight is 588 g/mol. The van der Waals surface area contributed by atoms with E-state index in [0.29, 0.717) is 0 Å². The van der Waals surface area contributed by atoms with Crippen molar-refractivity contribution in [2.45, 2.75) is 51.4 Å². The van der Waals surface area contributed by atoms with Crippen LogP contribution in [0.5, 0.6) is 0 Å². The zero-order valence-corrected chi connectivity index (χ0v) is 23.5. The van der Waals surface area contributed by atoms with Crippen molar-refractivity contribution in [3.8, 4) is 0 Å². The Morgan fingerprint density at radius 1 is 1.26 bits per heavy atom. The Hall–Kier alpha value is -2.13. The fraction of sp³-hybridized carbons (Fsp3) is 0.542. The molecule has 0 saturated carbocycles. The molecule has 1 aliphatic rings. The Balaban J connectivity index is 1.69. The molecule has 1 saturated heterocycles. The lowest BCUT2D eigenvalue weighted by Gasteiger charge is -2.27. The first-order valence-electron chi connectivity index (χ1n) is 12.1. The highest BCUT2D eigenvalue weighted by molar-refractivity contribution is 8.13. The van der Waals surface area contributed by atoms with E-state index in [-0.39, 0.29) is 30.6 Å². The first-order valence-corrected chi connectivity index (χ1v) is 14.7. The van der Waals surface area contributed by atoms with E-state index in [1.165, 1.54) is 6.92 Å². The fourth-order valence-corrected chi connectivity index (χ4v) is 5.77. The molecule has 1 aromatic heterocycles. The lowest BCUT2D eigenvalue weighted by Crippen LogP contribution is -2.47. The van der Waals surface area contributed by atoms with Crippen LogP contribution < -0.4 is 16.3 Å². The summed E-state index contributed by atoms with van der Waals surface area (Å²) in [5.74, 6) is 0.135. The summed E-state index contributed by atoms with van der Waals surface area (Å²) in [4.78, 5) is 37.9. The number of aromatic amines is 1. The number of aromatic nitrogens is 2. The van der Waals surface area contributed by atoms with Crippen LogP contribution in [0, 0.1) is 5.41 Å². The van der Waals surface area contributed by atoms with Crippen LogP contribution in [-0.4, -0.2) is 73.4 Å². The van der Waals surface area contributed by atoms with E-state index in [9.17, 15) is 34.3 Å². The van der Waals surface area contributed by atoms with Gasteiger partial charge in [-0.15, -0.1) is 0 Å². The highest BCUT2D eigenvalue weighted by Gasteiger charge is 2.53. The van der Waals surface area contributed by atoms with Gasteiger partial charge in [-0.25, -0.2) is 14.4 Å². The number of H-pyrrole nitrogens is 1. The molecule has 0 amide bonds. The number of aliphatic hydroxyl groups is 3. The van der Waals surface area contributed by atoms with Gasteiger partial charge in [0.1, 0.15) is 17.8 Å². The maximum absolute atomic E-state index is 13.6. The summed E-state index contributed by atoms with van der Waals surface area (Å²) in [6, 6.07) is 10.1. The van der Waals surface area contributed by atoms with Gasteiger partial charge < -0.3 is 20.1 Å². The first-order chi connectivity index (χ1) is 18.3. The molecule has 2 heterocycles. The molecule has 5 atom stereocenters. The van der Waals surface area contributed by atoms with Crippen molar-refractivity contribution in [2.75, 3.05) is 25.6 Å². The van der Waals surface area contributed by atoms with Crippen molar-refractivity contribution in [1.82, 2.24) is 14.6 Å². The second kappa shape index (κ2) is 13.0.